The molecule has 0 bridgehead atoms. The number of para-hydroxylation sites is 3. The van der Waals surface area contributed by atoms with E-state index in [-0.39, 0.29) is 0 Å². The van der Waals surface area contributed by atoms with Gasteiger partial charge in [-0.2, -0.15) is 0 Å². The van der Waals surface area contributed by atoms with Crippen molar-refractivity contribution >= 4 is 77.7 Å². The molecule has 0 radical (unpaired) electrons. The molecule has 1 aliphatic rings. The lowest BCUT2D eigenvalue weighted by Crippen LogP contribution is -2.10. The monoisotopic (exact) mass is 690 g/mol. The number of allylic oxidation sites excluding steroid dienone is 2. The Balaban J connectivity index is 1.21. The summed E-state index contributed by atoms with van der Waals surface area (Å²) < 4.78 is 8.86. The van der Waals surface area contributed by atoms with Gasteiger partial charge in [-0.25, -0.2) is 0 Å². The van der Waals surface area contributed by atoms with E-state index in [1.807, 2.05) is 18.2 Å². The van der Waals surface area contributed by atoms with Crippen LogP contribution in [0.5, 0.6) is 0 Å². The molecule has 0 saturated carbocycles. The zero-order valence-electron chi connectivity index (χ0n) is 29.8. The lowest BCUT2D eigenvalue weighted by atomic mass is 9.93. The zero-order chi connectivity index (χ0) is 35.9. The SMILES string of the molecule is C=C/C=C\c1c(C)cc2cccc3c2c1-c1ccc(N(c2ccc4c5ccccc5n(-c5ccccc5)c4c2)c2cccc4oc5ccccc5c24)cc1-3. The van der Waals surface area contributed by atoms with Crippen molar-refractivity contribution in [3.8, 4) is 27.9 Å². The molecule has 11 rings (SSSR count). The Labute approximate surface area is 312 Å². The van der Waals surface area contributed by atoms with Crippen LogP contribution in [0.2, 0.25) is 0 Å². The van der Waals surface area contributed by atoms with Crippen molar-refractivity contribution in [3.63, 3.8) is 0 Å². The van der Waals surface area contributed by atoms with Crippen LogP contribution in [-0.2, 0) is 0 Å². The smallest absolute Gasteiger partial charge is 0.137 e. The molecule has 54 heavy (non-hydrogen) atoms. The van der Waals surface area contributed by atoms with Crippen LogP contribution in [0.3, 0.4) is 0 Å². The van der Waals surface area contributed by atoms with Gasteiger partial charge in [-0.3, -0.25) is 0 Å². The third-order valence-electron chi connectivity index (χ3n) is 11.2. The van der Waals surface area contributed by atoms with E-state index in [9.17, 15) is 0 Å². The second-order valence-corrected chi connectivity index (χ2v) is 14.2. The molecule has 0 aliphatic heterocycles. The summed E-state index contributed by atoms with van der Waals surface area (Å²) in [5.41, 5.74) is 16.0. The number of rotatable bonds is 6. The van der Waals surface area contributed by atoms with Gasteiger partial charge in [0, 0.05) is 33.2 Å². The van der Waals surface area contributed by atoms with Gasteiger partial charge in [0.1, 0.15) is 11.2 Å². The van der Waals surface area contributed by atoms with Gasteiger partial charge in [-0.1, -0.05) is 122 Å². The summed E-state index contributed by atoms with van der Waals surface area (Å²) in [5.74, 6) is 0. The summed E-state index contributed by atoms with van der Waals surface area (Å²) in [7, 11) is 0. The second-order valence-electron chi connectivity index (χ2n) is 14.2. The van der Waals surface area contributed by atoms with Crippen LogP contribution >= 0.6 is 0 Å². The molecule has 3 nitrogen and oxygen atoms in total. The van der Waals surface area contributed by atoms with Crippen LogP contribution in [0.1, 0.15) is 11.1 Å². The predicted octanol–water partition coefficient (Wildman–Crippen LogP) is 14.5. The van der Waals surface area contributed by atoms with Crippen LogP contribution in [0.4, 0.5) is 17.1 Å². The minimum atomic E-state index is 0.866. The Morgan fingerprint density at radius 1 is 0.574 bits per heavy atom. The van der Waals surface area contributed by atoms with Crippen molar-refractivity contribution in [2.45, 2.75) is 6.92 Å². The lowest BCUT2D eigenvalue weighted by molar-refractivity contribution is 0.669. The zero-order valence-corrected chi connectivity index (χ0v) is 29.8. The number of hydrogen-bond donors (Lipinski definition) is 0. The Morgan fingerprint density at radius 3 is 2.20 bits per heavy atom. The predicted molar refractivity (Wildman–Crippen MR) is 229 cm³/mol. The molecule has 10 aromatic rings. The van der Waals surface area contributed by atoms with E-state index in [1.165, 1.54) is 60.4 Å². The molecule has 0 N–H and O–H groups in total. The molecule has 0 unspecified atom stereocenters. The summed E-state index contributed by atoms with van der Waals surface area (Å²) in [4.78, 5) is 2.42. The number of nitrogens with zero attached hydrogens (tertiary/aromatic N) is 2. The van der Waals surface area contributed by atoms with E-state index in [0.717, 1.165) is 50.2 Å². The Bertz CT molecular complexity index is 3200. The summed E-state index contributed by atoms with van der Waals surface area (Å²) >= 11 is 0. The Morgan fingerprint density at radius 2 is 1.31 bits per heavy atom. The second kappa shape index (κ2) is 11.7. The molecule has 8 aromatic carbocycles. The minimum Gasteiger partial charge on any atom is -0.456 e. The van der Waals surface area contributed by atoms with Crippen molar-refractivity contribution in [2.75, 3.05) is 4.90 Å². The largest absolute Gasteiger partial charge is 0.456 e. The van der Waals surface area contributed by atoms with Crippen LogP contribution in [0.15, 0.2) is 181 Å². The maximum absolute atomic E-state index is 6.47. The third-order valence-corrected chi connectivity index (χ3v) is 11.2. The van der Waals surface area contributed by atoms with Crippen LogP contribution < -0.4 is 4.90 Å². The van der Waals surface area contributed by atoms with Crippen molar-refractivity contribution in [3.05, 3.63) is 188 Å². The quantitative estimate of drug-likeness (QED) is 0.162. The van der Waals surface area contributed by atoms with E-state index in [1.54, 1.807) is 0 Å². The van der Waals surface area contributed by atoms with Gasteiger partial charge >= 0.3 is 0 Å². The fourth-order valence-electron chi connectivity index (χ4n) is 8.93. The highest BCUT2D eigenvalue weighted by Crippen LogP contribution is 2.53. The van der Waals surface area contributed by atoms with Crippen molar-refractivity contribution < 1.29 is 4.42 Å². The fourth-order valence-corrected chi connectivity index (χ4v) is 8.93. The molecule has 0 fully saturated rings. The number of benzene rings is 8. The van der Waals surface area contributed by atoms with Crippen molar-refractivity contribution in [2.24, 2.45) is 0 Å². The van der Waals surface area contributed by atoms with E-state index in [4.69, 9.17) is 4.42 Å². The minimum absolute atomic E-state index is 0.866. The molecule has 0 spiro atoms. The van der Waals surface area contributed by atoms with Crippen LogP contribution in [0, 0.1) is 6.92 Å². The van der Waals surface area contributed by atoms with Gasteiger partial charge in [0.25, 0.3) is 0 Å². The number of fused-ring (bicyclic) bond motifs is 9. The standard InChI is InChI=1S/C51H34N2O/c1-3-4-17-37-32(2)29-33-14-12-20-40-43-30-35(26-28-41(43)50(37)49(33)40)52(45-22-13-24-48-51(45)42-19-9-11-23-47(42)54-48)36-25-27-39-38-18-8-10-21-44(38)53(46(39)31-36)34-15-6-5-7-16-34/h3-31H,1H2,2H3/b17-4-. The summed E-state index contributed by atoms with van der Waals surface area (Å²) in [6.45, 7) is 6.17. The fraction of sp³-hybridized carbons (Fsp3) is 0.0196. The molecule has 2 aromatic heterocycles. The normalized spacial score (nSPS) is 12.2. The molecule has 3 heteroatoms. The summed E-state index contributed by atoms with van der Waals surface area (Å²) in [6.07, 6.45) is 6.10. The number of anilines is 3. The molecular weight excluding hydrogens is 657 g/mol. The van der Waals surface area contributed by atoms with Crippen molar-refractivity contribution in [1.29, 1.82) is 0 Å². The average molecular weight is 691 g/mol. The van der Waals surface area contributed by atoms with Gasteiger partial charge in [0.05, 0.1) is 22.1 Å². The van der Waals surface area contributed by atoms with Gasteiger partial charge in [0.15, 0.2) is 0 Å². The molecule has 0 amide bonds. The topological polar surface area (TPSA) is 21.3 Å². The van der Waals surface area contributed by atoms with Gasteiger partial charge < -0.3 is 13.9 Å². The maximum Gasteiger partial charge on any atom is 0.137 e. The van der Waals surface area contributed by atoms with Crippen LogP contribution in [-0.4, -0.2) is 4.57 Å². The lowest BCUT2D eigenvalue weighted by Gasteiger charge is -2.27. The summed E-state index contributed by atoms with van der Waals surface area (Å²) in [5, 5.41) is 7.21. The van der Waals surface area contributed by atoms with E-state index in [0.29, 0.717) is 0 Å². The first kappa shape index (κ1) is 30.5. The highest BCUT2D eigenvalue weighted by Gasteiger charge is 2.27. The summed E-state index contributed by atoms with van der Waals surface area (Å²) in [6, 6.07) is 57.1. The van der Waals surface area contributed by atoms with Crippen molar-refractivity contribution in [1.82, 2.24) is 4.57 Å². The van der Waals surface area contributed by atoms with Gasteiger partial charge in [-0.15, -0.1) is 0 Å². The van der Waals surface area contributed by atoms with Crippen LogP contribution in [0.25, 0.3) is 88.5 Å². The molecule has 2 heterocycles. The van der Waals surface area contributed by atoms with Gasteiger partial charge in [-0.05, 0) is 112 Å². The first-order valence-corrected chi connectivity index (χ1v) is 18.5. The first-order chi connectivity index (χ1) is 26.7. The number of hydrogen-bond acceptors (Lipinski definition) is 2. The molecule has 254 valence electrons. The van der Waals surface area contributed by atoms with E-state index < -0.39 is 0 Å². The van der Waals surface area contributed by atoms with Gasteiger partial charge in [0.2, 0.25) is 0 Å². The third kappa shape index (κ3) is 4.36. The highest BCUT2D eigenvalue weighted by atomic mass is 16.3. The van der Waals surface area contributed by atoms with E-state index >= 15 is 0 Å². The highest BCUT2D eigenvalue weighted by molar-refractivity contribution is 6.19. The first-order valence-electron chi connectivity index (χ1n) is 18.5. The average Bonchev–Trinajstić information content (AvgIpc) is 3.87. The molecule has 1 aliphatic carbocycles. The molecular formula is C51H34N2O. The Kier molecular flexibility index (Phi) is 6.62. The molecule has 0 saturated heterocycles. The van der Waals surface area contributed by atoms with E-state index in [2.05, 4.69) is 181 Å². The Hall–Kier alpha value is -7.10. The molecule has 0 atom stereocenters. The number of aryl methyl sites for hydroxylation is 1. The maximum atomic E-state index is 6.47. The number of aromatic nitrogens is 1. The number of furan rings is 1.